The Bertz CT molecular complexity index is 562. The molecule has 1 aliphatic rings. The number of carbonyl (C=O) groups is 2. The number of ether oxygens (including phenoxy) is 1. The van der Waals surface area contributed by atoms with E-state index in [0.717, 1.165) is 25.7 Å². The van der Waals surface area contributed by atoms with Crippen molar-refractivity contribution in [3.05, 3.63) is 28.5 Å². The summed E-state index contributed by atoms with van der Waals surface area (Å²) >= 11 is 3.14. The molecule has 2 rings (SSSR count). The average Bonchev–Trinajstić information content (AvgIpc) is 2.94. The summed E-state index contributed by atoms with van der Waals surface area (Å²) < 4.78 is 19.5. The highest BCUT2D eigenvalue weighted by molar-refractivity contribution is 9.10. The smallest absolute Gasteiger partial charge is 0.321 e. The largest absolute Gasteiger partial charge is 0.478 e. The van der Waals surface area contributed by atoms with Gasteiger partial charge in [0.1, 0.15) is 0 Å². The lowest BCUT2D eigenvalue weighted by molar-refractivity contribution is -0.126. The lowest BCUT2D eigenvalue weighted by atomic mass is 10.2. The van der Waals surface area contributed by atoms with Gasteiger partial charge in [-0.15, -0.1) is 0 Å². The normalized spacial score (nSPS) is 16.1. The number of imide groups is 1. The zero-order valence-corrected chi connectivity index (χ0v) is 13.8. The van der Waals surface area contributed by atoms with Gasteiger partial charge in [-0.3, -0.25) is 10.1 Å². The third-order valence-electron chi connectivity index (χ3n) is 3.49. The first-order valence-electron chi connectivity index (χ1n) is 7.19. The molecule has 1 saturated carbocycles. The van der Waals surface area contributed by atoms with Crippen molar-refractivity contribution in [1.29, 1.82) is 0 Å². The molecule has 1 aromatic rings. The quantitative estimate of drug-likeness (QED) is 0.852. The van der Waals surface area contributed by atoms with Crippen LogP contribution in [0.2, 0.25) is 0 Å². The molecule has 2 N–H and O–H groups in total. The van der Waals surface area contributed by atoms with E-state index in [1.54, 1.807) is 6.07 Å². The van der Waals surface area contributed by atoms with Crippen LogP contribution in [0.5, 0.6) is 5.75 Å². The van der Waals surface area contributed by atoms with Crippen LogP contribution in [0.1, 0.15) is 32.6 Å². The van der Waals surface area contributed by atoms with Gasteiger partial charge in [-0.05, 0) is 38.0 Å². The van der Waals surface area contributed by atoms with Crippen LogP contribution in [0.3, 0.4) is 0 Å². The SMILES string of the molecule is C[C@@H](Oc1ccc(Br)cc1F)C(=O)NC(=O)NC1CCCC1. The minimum absolute atomic E-state index is 0.0398. The van der Waals surface area contributed by atoms with Crippen LogP contribution in [-0.4, -0.2) is 24.1 Å². The van der Waals surface area contributed by atoms with E-state index in [2.05, 4.69) is 26.6 Å². The molecule has 0 aromatic heterocycles. The Labute approximate surface area is 136 Å². The van der Waals surface area contributed by atoms with Gasteiger partial charge in [-0.1, -0.05) is 28.8 Å². The van der Waals surface area contributed by atoms with Crippen LogP contribution in [-0.2, 0) is 4.79 Å². The molecule has 7 heteroatoms. The first kappa shape index (κ1) is 16.7. The van der Waals surface area contributed by atoms with Gasteiger partial charge >= 0.3 is 6.03 Å². The molecule has 1 fully saturated rings. The average molecular weight is 373 g/mol. The van der Waals surface area contributed by atoms with Crippen LogP contribution >= 0.6 is 15.9 Å². The fourth-order valence-electron chi connectivity index (χ4n) is 2.32. The van der Waals surface area contributed by atoms with Crippen molar-refractivity contribution in [2.45, 2.75) is 44.8 Å². The summed E-state index contributed by atoms with van der Waals surface area (Å²) in [5.41, 5.74) is 0. The number of rotatable bonds is 4. The van der Waals surface area contributed by atoms with Crippen molar-refractivity contribution in [3.8, 4) is 5.75 Å². The van der Waals surface area contributed by atoms with Crippen molar-refractivity contribution in [3.63, 3.8) is 0 Å². The van der Waals surface area contributed by atoms with Crippen LogP contribution in [0, 0.1) is 5.82 Å². The zero-order chi connectivity index (χ0) is 16.1. The molecule has 0 bridgehead atoms. The summed E-state index contributed by atoms with van der Waals surface area (Å²) in [6, 6.07) is 3.85. The van der Waals surface area contributed by atoms with Crippen LogP contribution < -0.4 is 15.4 Å². The van der Waals surface area contributed by atoms with E-state index >= 15 is 0 Å². The molecule has 0 radical (unpaired) electrons. The third kappa shape index (κ3) is 4.69. The molecule has 1 aliphatic carbocycles. The number of benzene rings is 1. The second kappa shape index (κ2) is 7.58. The maximum Gasteiger partial charge on any atom is 0.321 e. The molecule has 1 atom stereocenters. The fourth-order valence-corrected chi connectivity index (χ4v) is 2.65. The molecule has 0 heterocycles. The van der Waals surface area contributed by atoms with Gasteiger partial charge < -0.3 is 10.1 Å². The van der Waals surface area contributed by atoms with Crippen molar-refractivity contribution in [2.24, 2.45) is 0 Å². The van der Waals surface area contributed by atoms with E-state index < -0.39 is 23.9 Å². The first-order chi connectivity index (χ1) is 10.5. The maximum atomic E-state index is 13.6. The summed E-state index contributed by atoms with van der Waals surface area (Å²) in [7, 11) is 0. The second-order valence-electron chi connectivity index (χ2n) is 5.28. The molecule has 1 aromatic carbocycles. The van der Waals surface area contributed by atoms with Gasteiger partial charge in [-0.2, -0.15) is 0 Å². The van der Waals surface area contributed by atoms with Gasteiger partial charge in [0.25, 0.3) is 5.91 Å². The topological polar surface area (TPSA) is 67.4 Å². The summed E-state index contributed by atoms with van der Waals surface area (Å²) in [5.74, 6) is -1.23. The lowest BCUT2D eigenvalue weighted by Gasteiger charge is -2.16. The lowest BCUT2D eigenvalue weighted by Crippen LogP contribution is -2.47. The highest BCUT2D eigenvalue weighted by Crippen LogP contribution is 2.22. The van der Waals surface area contributed by atoms with Crippen LogP contribution in [0.25, 0.3) is 0 Å². The van der Waals surface area contributed by atoms with Gasteiger partial charge in [0, 0.05) is 10.5 Å². The predicted octanol–water partition coefficient (Wildman–Crippen LogP) is 3.12. The molecule has 5 nitrogen and oxygen atoms in total. The van der Waals surface area contributed by atoms with E-state index in [9.17, 15) is 14.0 Å². The molecule has 0 saturated heterocycles. The molecule has 0 unspecified atom stereocenters. The number of amides is 3. The van der Waals surface area contributed by atoms with E-state index in [1.165, 1.54) is 19.1 Å². The minimum Gasteiger partial charge on any atom is -0.478 e. The highest BCUT2D eigenvalue weighted by atomic mass is 79.9. The zero-order valence-electron chi connectivity index (χ0n) is 12.2. The fraction of sp³-hybridized carbons (Fsp3) is 0.467. The monoisotopic (exact) mass is 372 g/mol. The maximum absolute atomic E-state index is 13.6. The van der Waals surface area contributed by atoms with Crippen molar-refractivity contribution in [2.75, 3.05) is 0 Å². The number of hydrogen-bond donors (Lipinski definition) is 2. The number of halogens is 2. The number of urea groups is 1. The third-order valence-corrected chi connectivity index (χ3v) is 3.99. The number of hydrogen-bond acceptors (Lipinski definition) is 3. The molecule has 0 spiro atoms. The molecule has 0 aliphatic heterocycles. The van der Waals surface area contributed by atoms with Crippen molar-refractivity contribution in [1.82, 2.24) is 10.6 Å². The molecular weight excluding hydrogens is 355 g/mol. The summed E-state index contributed by atoms with van der Waals surface area (Å²) in [4.78, 5) is 23.6. The van der Waals surface area contributed by atoms with Gasteiger partial charge in [0.05, 0.1) is 0 Å². The van der Waals surface area contributed by atoms with E-state index in [0.29, 0.717) is 4.47 Å². The Morgan fingerprint density at radius 1 is 1.36 bits per heavy atom. The van der Waals surface area contributed by atoms with E-state index in [4.69, 9.17) is 4.74 Å². The van der Waals surface area contributed by atoms with Crippen molar-refractivity contribution < 1.29 is 18.7 Å². The standard InChI is InChI=1S/C15H18BrFN2O3/c1-9(22-13-7-6-10(16)8-12(13)17)14(20)19-15(21)18-11-4-2-3-5-11/h6-9,11H,2-5H2,1H3,(H2,18,19,20,21)/t9-/m1/s1. The Morgan fingerprint density at radius 3 is 2.68 bits per heavy atom. The molecular formula is C15H18BrFN2O3. The van der Waals surface area contributed by atoms with Crippen molar-refractivity contribution >= 4 is 27.9 Å². The highest BCUT2D eigenvalue weighted by Gasteiger charge is 2.22. The van der Waals surface area contributed by atoms with Crippen LogP contribution in [0.4, 0.5) is 9.18 Å². The molecule has 3 amide bonds. The Kier molecular flexibility index (Phi) is 5.76. The number of carbonyl (C=O) groups excluding carboxylic acids is 2. The van der Waals surface area contributed by atoms with E-state index in [-0.39, 0.29) is 11.8 Å². The Balaban J connectivity index is 1.84. The van der Waals surface area contributed by atoms with Crippen LogP contribution in [0.15, 0.2) is 22.7 Å². The summed E-state index contributed by atoms with van der Waals surface area (Å²) in [5, 5.41) is 4.95. The van der Waals surface area contributed by atoms with Gasteiger partial charge in [0.15, 0.2) is 17.7 Å². The predicted molar refractivity (Wildman–Crippen MR) is 83.1 cm³/mol. The first-order valence-corrected chi connectivity index (χ1v) is 7.98. The number of nitrogens with one attached hydrogen (secondary N) is 2. The summed E-state index contributed by atoms with van der Waals surface area (Å²) in [6.45, 7) is 1.46. The van der Waals surface area contributed by atoms with Gasteiger partial charge in [-0.25, -0.2) is 9.18 Å². The Morgan fingerprint density at radius 2 is 2.05 bits per heavy atom. The Hall–Kier alpha value is -1.63. The molecule has 22 heavy (non-hydrogen) atoms. The molecule has 120 valence electrons. The second-order valence-corrected chi connectivity index (χ2v) is 6.19. The van der Waals surface area contributed by atoms with E-state index in [1.807, 2.05) is 0 Å². The van der Waals surface area contributed by atoms with Gasteiger partial charge in [0.2, 0.25) is 0 Å². The summed E-state index contributed by atoms with van der Waals surface area (Å²) in [6.07, 6.45) is 3.04. The minimum atomic E-state index is -0.981.